The Morgan fingerprint density at radius 1 is 1.28 bits per heavy atom. The highest BCUT2D eigenvalue weighted by molar-refractivity contribution is 5.95. The van der Waals surface area contributed by atoms with E-state index in [1.807, 2.05) is 6.08 Å². The fourth-order valence-electron chi connectivity index (χ4n) is 1.79. The van der Waals surface area contributed by atoms with Crippen LogP contribution in [0.4, 0.5) is 0 Å². The average molecular weight is 254 g/mol. The molecule has 0 aromatic rings. The monoisotopic (exact) mass is 254 g/mol. The summed E-state index contributed by atoms with van der Waals surface area (Å²) >= 11 is 0. The topological polar surface area (TPSA) is 80.7 Å². The summed E-state index contributed by atoms with van der Waals surface area (Å²) in [6.45, 7) is 0. The van der Waals surface area contributed by atoms with Crippen LogP contribution in [0.25, 0.3) is 0 Å². The third-order valence-electron chi connectivity index (χ3n) is 2.78. The number of esters is 2. The SMILES string of the molecule is O=C(O)CCCCCC/C=C\C1CC(=O)OC1=O. The van der Waals surface area contributed by atoms with Crippen molar-refractivity contribution in [1.82, 2.24) is 0 Å². The van der Waals surface area contributed by atoms with Gasteiger partial charge in [-0.1, -0.05) is 25.0 Å². The van der Waals surface area contributed by atoms with Crippen LogP contribution in [0.1, 0.15) is 44.9 Å². The molecule has 1 rings (SSSR count). The first-order valence-electron chi connectivity index (χ1n) is 6.22. The molecular formula is C13H18O5. The smallest absolute Gasteiger partial charge is 0.321 e. The Bertz CT molecular complexity index is 345. The summed E-state index contributed by atoms with van der Waals surface area (Å²) in [6.07, 6.45) is 8.39. The van der Waals surface area contributed by atoms with Gasteiger partial charge >= 0.3 is 17.9 Å². The van der Waals surface area contributed by atoms with Crippen molar-refractivity contribution in [2.24, 2.45) is 5.92 Å². The third-order valence-corrected chi connectivity index (χ3v) is 2.78. The number of carboxylic acid groups (broad SMARTS) is 1. The van der Waals surface area contributed by atoms with Gasteiger partial charge in [0.15, 0.2) is 0 Å². The van der Waals surface area contributed by atoms with E-state index in [4.69, 9.17) is 5.11 Å². The highest BCUT2D eigenvalue weighted by Crippen LogP contribution is 2.17. The van der Waals surface area contributed by atoms with Crippen LogP contribution in [-0.4, -0.2) is 23.0 Å². The van der Waals surface area contributed by atoms with E-state index in [0.717, 1.165) is 25.7 Å². The van der Waals surface area contributed by atoms with Gasteiger partial charge in [0.05, 0.1) is 12.3 Å². The van der Waals surface area contributed by atoms with Crippen molar-refractivity contribution in [2.45, 2.75) is 44.9 Å². The first-order chi connectivity index (χ1) is 8.59. The summed E-state index contributed by atoms with van der Waals surface area (Å²) in [6, 6.07) is 0. The van der Waals surface area contributed by atoms with Crippen LogP contribution in [0.2, 0.25) is 0 Å². The minimum absolute atomic E-state index is 0.147. The molecule has 0 spiro atoms. The maximum absolute atomic E-state index is 11.1. The Balaban J connectivity index is 2.02. The normalized spacial score (nSPS) is 19.4. The number of cyclic esters (lactones) is 2. The number of allylic oxidation sites excluding steroid dienone is 1. The van der Waals surface area contributed by atoms with Gasteiger partial charge in [-0.3, -0.25) is 14.4 Å². The summed E-state index contributed by atoms with van der Waals surface area (Å²) < 4.78 is 4.42. The molecule has 1 N–H and O–H groups in total. The Kier molecular flexibility index (Phi) is 6.11. The molecule has 0 radical (unpaired) electrons. The minimum atomic E-state index is -0.751. The summed E-state index contributed by atoms with van der Waals surface area (Å²) in [7, 11) is 0. The van der Waals surface area contributed by atoms with Crippen LogP contribution in [0.5, 0.6) is 0 Å². The van der Waals surface area contributed by atoms with E-state index < -0.39 is 23.8 Å². The second-order valence-corrected chi connectivity index (χ2v) is 4.38. The Labute approximate surface area is 106 Å². The summed E-state index contributed by atoms with van der Waals surface area (Å²) in [5.74, 6) is -2.08. The molecule has 1 aliphatic rings. The lowest BCUT2D eigenvalue weighted by molar-refractivity contribution is -0.152. The van der Waals surface area contributed by atoms with Crippen molar-refractivity contribution < 1.29 is 24.2 Å². The molecular weight excluding hydrogens is 236 g/mol. The average Bonchev–Trinajstić information content (AvgIpc) is 2.61. The van der Waals surface area contributed by atoms with Crippen LogP contribution in [-0.2, 0) is 19.1 Å². The molecule has 0 aliphatic carbocycles. The minimum Gasteiger partial charge on any atom is -0.481 e. The van der Waals surface area contributed by atoms with Gasteiger partial charge in [0.1, 0.15) is 0 Å². The van der Waals surface area contributed by atoms with Gasteiger partial charge in [0.2, 0.25) is 0 Å². The zero-order valence-corrected chi connectivity index (χ0v) is 10.3. The molecule has 0 bridgehead atoms. The van der Waals surface area contributed by atoms with E-state index in [9.17, 15) is 14.4 Å². The fraction of sp³-hybridized carbons (Fsp3) is 0.615. The molecule has 0 aromatic heterocycles. The van der Waals surface area contributed by atoms with Crippen LogP contribution >= 0.6 is 0 Å². The Morgan fingerprint density at radius 3 is 2.61 bits per heavy atom. The number of hydrogen-bond donors (Lipinski definition) is 1. The molecule has 1 atom stereocenters. The van der Waals surface area contributed by atoms with Crippen molar-refractivity contribution >= 4 is 17.9 Å². The Hall–Kier alpha value is -1.65. The van der Waals surface area contributed by atoms with Crippen molar-refractivity contribution in [3.8, 4) is 0 Å². The molecule has 1 heterocycles. The zero-order chi connectivity index (χ0) is 13.4. The summed E-state index contributed by atoms with van der Waals surface area (Å²) in [5.41, 5.74) is 0. The second kappa shape index (κ2) is 7.63. The van der Waals surface area contributed by atoms with Gasteiger partial charge in [-0.05, 0) is 19.3 Å². The van der Waals surface area contributed by atoms with E-state index in [1.165, 1.54) is 0 Å². The molecule has 18 heavy (non-hydrogen) atoms. The third kappa shape index (κ3) is 5.61. The Morgan fingerprint density at radius 2 is 2.00 bits per heavy atom. The maximum Gasteiger partial charge on any atom is 0.321 e. The lowest BCUT2D eigenvalue weighted by Gasteiger charge is -1.98. The van der Waals surface area contributed by atoms with Crippen LogP contribution < -0.4 is 0 Å². The van der Waals surface area contributed by atoms with Gasteiger partial charge in [0, 0.05) is 6.42 Å². The quantitative estimate of drug-likeness (QED) is 0.310. The molecule has 1 fully saturated rings. The molecule has 1 aliphatic heterocycles. The van der Waals surface area contributed by atoms with E-state index in [0.29, 0.717) is 6.42 Å². The number of rotatable bonds is 8. The van der Waals surface area contributed by atoms with Crippen molar-refractivity contribution in [3.05, 3.63) is 12.2 Å². The van der Waals surface area contributed by atoms with Gasteiger partial charge in [0.25, 0.3) is 0 Å². The van der Waals surface area contributed by atoms with Crippen molar-refractivity contribution in [3.63, 3.8) is 0 Å². The first kappa shape index (κ1) is 14.4. The first-order valence-corrected chi connectivity index (χ1v) is 6.22. The fourth-order valence-corrected chi connectivity index (χ4v) is 1.79. The van der Waals surface area contributed by atoms with Crippen LogP contribution in [0.3, 0.4) is 0 Å². The maximum atomic E-state index is 11.1. The lowest BCUT2D eigenvalue weighted by atomic mass is 10.1. The number of carbonyl (C=O) groups is 3. The van der Waals surface area contributed by atoms with Gasteiger partial charge < -0.3 is 9.84 Å². The van der Waals surface area contributed by atoms with Crippen molar-refractivity contribution in [1.29, 1.82) is 0 Å². The molecule has 5 heteroatoms. The van der Waals surface area contributed by atoms with Gasteiger partial charge in [-0.25, -0.2) is 0 Å². The highest BCUT2D eigenvalue weighted by Gasteiger charge is 2.30. The number of unbranched alkanes of at least 4 members (excludes halogenated alkanes) is 4. The molecule has 0 aromatic carbocycles. The number of aliphatic carboxylic acids is 1. The molecule has 1 saturated heterocycles. The van der Waals surface area contributed by atoms with E-state index >= 15 is 0 Å². The van der Waals surface area contributed by atoms with Gasteiger partial charge in [-0.15, -0.1) is 0 Å². The van der Waals surface area contributed by atoms with Gasteiger partial charge in [-0.2, -0.15) is 0 Å². The number of ether oxygens (including phenoxy) is 1. The summed E-state index contributed by atoms with van der Waals surface area (Å²) in [4.78, 5) is 32.2. The zero-order valence-electron chi connectivity index (χ0n) is 10.3. The van der Waals surface area contributed by atoms with Crippen molar-refractivity contribution in [2.75, 3.05) is 0 Å². The predicted molar refractivity (Wildman–Crippen MR) is 63.7 cm³/mol. The van der Waals surface area contributed by atoms with E-state index in [2.05, 4.69) is 4.74 Å². The molecule has 100 valence electrons. The molecule has 1 unspecified atom stereocenters. The molecule has 0 saturated carbocycles. The molecule has 0 amide bonds. The predicted octanol–water partition coefficient (Wildman–Crippen LogP) is 2.06. The highest BCUT2D eigenvalue weighted by atomic mass is 16.6. The lowest BCUT2D eigenvalue weighted by Crippen LogP contribution is -2.03. The number of carbonyl (C=O) groups excluding carboxylic acids is 2. The summed E-state index contributed by atoms with van der Waals surface area (Å²) in [5, 5.41) is 8.44. The second-order valence-electron chi connectivity index (χ2n) is 4.38. The molecule has 5 nitrogen and oxygen atoms in total. The van der Waals surface area contributed by atoms with E-state index in [-0.39, 0.29) is 12.8 Å². The largest absolute Gasteiger partial charge is 0.481 e. The standard InChI is InChI=1S/C13H18O5/c14-11(15)8-6-4-2-1-3-5-7-10-9-12(16)18-13(10)17/h5,7,10H,1-4,6,8-9H2,(H,14,15)/b7-5-. The number of carboxylic acids is 1. The van der Waals surface area contributed by atoms with Crippen LogP contribution in [0, 0.1) is 5.92 Å². The van der Waals surface area contributed by atoms with E-state index in [1.54, 1.807) is 6.08 Å². The van der Waals surface area contributed by atoms with Crippen LogP contribution in [0.15, 0.2) is 12.2 Å². The number of hydrogen-bond acceptors (Lipinski definition) is 4.